The highest BCUT2D eigenvalue weighted by atomic mass is 35.5. The molecule has 23 heavy (non-hydrogen) atoms. The fraction of sp³-hybridized carbons (Fsp3) is 0.267. The summed E-state index contributed by atoms with van der Waals surface area (Å²) >= 11 is 6.07. The Morgan fingerprint density at radius 2 is 1.91 bits per heavy atom. The van der Waals surface area contributed by atoms with E-state index < -0.39 is 18.6 Å². The van der Waals surface area contributed by atoms with Gasteiger partial charge in [0.2, 0.25) is 5.91 Å². The Morgan fingerprint density at radius 1 is 1.17 bits per heavy atom. The van der Waals surface area contributed by atoms with E-state index in [0.29, 0.717) is 16.5 Å². The van der Waals surface area contributed by atoms with Crippen molar-refractivity contribution in [2.24, 2.45) is 0 Å². The highest BCUT2D eigenvalue weighted by molar-refractivity contribution is 6.33. The molecule has 0 bridgehead atoms. The van der Waals surface area contributed by atoms with Crippen LogP contribution in [0.5, 0.6) is 0 Å². The molecule has 1 aromatic heterocycles. The number of nitrogens with one attached hydrogen (secondary N) is 2. The molecule has 2 aromatic rings. The molecular weight excluding hydrogens is 333 g/mol. The summed E-state index contributed by atoms with van der Waals surface area (Å²) in [7, 11) is 0. The van der Waals surface area contributed by atoms with Crippen molar-refractivity contribution in [2.45, 2.75) is 12.7 Å². The van der Waals surface area contributed by atoms with Gasteiger partial charge in [0.25, 0.3) is 0 Å². The maximum atomic E-state index is 11.9. The number of rotatable bonds is 6. The normalized spacial score (nSPS) is 11.5. The summed E-state index contributed by atoms with van der Waals surface area (Å²) < 4.78 is 41.4. The van der Waals surface area contributed by atoms with Gasteiger partial charge in [-0.15, -0.1) is 0 Å². The smallest absolute Gasteiger partial charge is 0.405 e. The summed E-state index contributed by atoms with van der Waals surface area (Å²) in [5.41, 5.74) is 0.739. The molecule has 0 saturated heterocycles. The van der Waals surface area contributed by atoms with Crippen LogP contribution in [-0.4, -0.2) is 25.2 Å². The third-order valence-electron chi connectivity index (χ3n) is 2.87. The molecule has 0 fully saturated rings. The summed E-state index contributed by atoms with van der Waals surface area (Å²) in [4.78, 5) is 11.2. The molecule has 0 atom stereocenters. The van der Waals surface area contributed by atoms with Gasteiger partial charge in [0.15, 0.2) is 0 Å². The molecule has 0 aliphatic rings. The number of halogens is 4. The van der Waals surface area contributed by atoms with Gasteiger partial charge in [-0.05, 0) is 24.3 Å². The number of carbonyl (C=O) groups excluding carboxylic acids is 1. The van der Waals surface area contributed by atoms with Crippen LogP contribution in [0.4, 0.5) is 13.2 Å². The molecule has 0 saturated carbocycles. The zero-order valence-electron chi connectivity index (χ0n) is 11.9. The van der Waals surface area contributed by atoms with Gasteiger partial charge in [-0.2, -0.15) is 13.2 Å². The maximum absolute atomic E-state index is 11.9. The molecule has 0 radical (unpaired) electrons. The molecule has 4 nitrogen and oxygen atoms in total. The van der Waals surface area contributed by atoms with Crippen molar-refractivity contribution in [3.63, 3.8) is 0 Å². The molecule has 1 heterocycles. The molecule has 2 rings (SSSR count). The van der Waals surface area contributed by atoms with Crippen LogP contribution in [0.3, 0.4) is 0 Å². The van der Waals surface area contributed by atoms with E-state index in [-0.39, 0.29) is 13.1 Å². The minimum absolute atomic E-state index is 0.212. The standard InChI is InChI=1S/C15H14ClF3N2O2/c16-12-4-2-1-3-11(12)13-6-5-10(23-13)7-20-8-14(22)21-9-15(17,18)19/h1-6,20H,7-9H2,(H,21,22). The predicted molar refractivity (Wildman–Crippen MR) is 79.9 cm³/mol. The molecule has 0 aliphatic heterocycles. The lowest BCUT2D eigenvalue weighted by Gasteiger charge is -2.08. The van der Waals surface area contributed by atoms with Crippen molar-refractivity contribution in [1.82, 2.24) is 10.6 Å². The van der Waals surface area contributed by atoms with E-state index in [9.17, 15) is 18.0 Å². The number of carbonyl (C=O) groups is 1. The molecule has 8 heteroatoms. The first-order valence-electron chi connectivity index (χ1n) is 6.73. The number of benzene rings is 1. The first-order valence-corrected chi connectivity index (χ1v) is 7.11. The Bertz CT molecular complexity index is 671. The molecule has 2 N–H and O–H groups in total. The molecule has 0 spiro atoms. The van der Waals surface area contributed by atoms with Gasteiger partial charge < -0.3 is 15.1 Å². The lowest BCUT2D eigenvalue weighted by molar-refractivity contribution is -0.137. The molecule has 1 aromatic carbocycles. The highest BCUT2D eigenvalue weighted by Crippen LogP contribution is 2.28. The zero-order valence-corrected chi connectivity index (χ0v) is 12.7. The van der Waals surface area contributed by atoms with Crippen molar-refractivity contribution in [1.29, 1.82) is 0 Å². The van der Waals surface area contributed by atoms with E-state index in [1.165, 1.54) is 0 Å². The van der Waals surface area contributed by atoms with E-state index >= 15 is 0 Å². The Labute approximate surface area is 135 Å². The van der Waals surface area contributed by atoms with Crippen LogP contribution in [0.2, 0.25) is 5.02 Å². The quantitative estimate of drug-likeness (QED) is 0.843. The second kappa shape index (κ2) is 7.52. The average Bonchev–Trinajstić information content (AvgIpc) is 2.93. The third-order valence-corrected chi connectivity index (χ3v) is 3.20. The predicted octanol–water partition coefficient (Wildman–Crippen LogP) is 3.37. The molecule has 0 unspecified atom stereocenters. The van der Waals surface area contributed by atoms with Gasteiger partial charge in [-0.25, -0.2) is 0 Å². The average molecular weight is 347 g/mol. The summed E-state index contributed by atoms with van der Waals surface area (Å²) in [6, 6.07) is 10.6. The second-order valence-corrected chi connectivity index (χ2v) is 5.15. The van der Waals surface area contributed by atoms with Crippen molar-refractivity contribution in [3.8, 4) is 11.3 Å². The third kappa shape index (κ3) is 5.61. The van der Waals surface area contributed by atoms with Crippen LogP contribution in [0.1, 0.15) is 5.76 Å². The first-order chi connectivity index (χ1) is 10.8. The van der Waals surface area contributed by atoms with E-state index in [1.54, 1.807) is 29.6 Å². The Morgan fingerprint density at radius 3 is 2.61 bits per heavy atom. The SMILES string of the molecule is O=C(CNCc1ccc(-c2ccccc2Cl)o1)NCC(F)(F)F. The fourth-order valence-electron chi connectivity index (χ4n) is 1.84. The van der Waals surface area contributed by atoms with Crippen LogP contribution < -0.4 is 10.6 Å². The maximum Gasteiger partial charge on any atom is 0.405 e. The zero-order chi connectivity index (χ0) is 16.9. The van der Waals surface area contributed by atoms with Crippen LogP contribution in [0.15, 0.2) is 40.8 Å². The number of furan rings is 1. The number of hydrogen-bond acceptors (Lipinski definition) is 3. The number of hydrogen-bond donors (Lipinski definition) is 2. The second-order valence-electron chi connectivity index (χ2n) is 4.74. The van der Waals surface area contributed by atoms with E-state index in [0.717, 1.165) is 5.56 Å². The molecule has 1 amide bonds. The lowest BCUT2D eigenvalue weighted by atomic mass is 10.2. The minimum Gasteiger partial charge on any atom is -0.460 e. The van der Waals surface area contributed by atoms with Gasteiger partial charge in [0, 0.05) is 5.56 Å². The lowest BCUT2D eigenvalue weighted by Crippen LogP contribution is -2.39. The van der Waals surface area contributed by atoms with Gasteiger partial charge in [-0.1, -0.05) is 23.7 Å². The van der Waals surface area contributed by atoms with Crippen molar-refractivity contribution >= 4 is 17.5 Å². The Balaban J connectivity index is 1.82. The topological polar surface area (TPSA) is 54.3 Å². The Hall–Kier alpha value is -1.99. The minimum atomic E-state index is -4.42. The van der Waals surface area contributed by atoms with Crippen LogP contribution in [0, 0.1) is 0 Å². The monoisotopic (exact) mass is 346 g/mol. The van der Waals surface area contributed by atoms with Gasteiger partial charge in [0.1, 0.15) is 18.1 Å². The largest absolute Gasteiger partial charge is 0.460 e. The summed E-state index contributed by atoms with van der Waals surface area (Å²) in [5, 5.41) is 5.03. The van der Waals surface area contributed by atoms with Crippen molar-refractivity contribution in [3.05, 3.63) is 47.2 Å². The summed E-state index contributed by atoms with van der Waals surface area (Å²) in [6.07, 6.45) is -4.42. The van der Waals surface area contributed by atoms with Gasteiger partial charge >= 0.3 is 6.18 Å². The highest BCUT2D eigenvalue weighted by Gasteiger charge is 2.27. The first kappa shape index (κ1) is 17.4. The van der Waals surface area contributed by atoms with E-state index in [2.05, 4.69) is 5.32 Å². The molecular formula is C15H14ClF3N2O2. The van der Waals surface area contributed by atoms with Crippen LogP contribution in [0.25, 0.3) is 11.3 Å². The van der Waals surface area contributed by atoms with E-state index in [4.69, 9.17) is 16.0 Å². The fourth-order valence-corrected chi connectivity index (χ4v) is 2.07. The van der Waals surface area contributed by atoms with Crippen molar-refractivity contribution in [2.75, 3.05) is 13.1 Å². The molecule has 124 valence electrons. The summed E-state index contributed by atoms with van der Waals surface area (Å²) in [5.74, 6) is 0.387. The number of alkyl halides is 3. The van der Waals surface area contributed by atoms with Crippen LogP contribution >= 0.6 is 11.6 Å². The van der Waals surface area contributed by atoms with Gasteiger partial charge in [-0.3, -0.25) is 4.79 Å². The van der Waals surface area contributed by atoms with Crippen LogP contribution in [-0.2, 0) is 11.3 Å². The van der Waals surface area contributed by atoms with Gasteiger partial charge in [0.05, 0.1) is 18.1 Å². The van der Waals surface area contributed by atoms with Crippen molar-refractivity contribution < 1.29 is 22.4 Å². The van der Waals surface area contributed by atoms with E-state index in [1.807, 2.05) is 12.1 Å². The summed E-state index contributed by atoms with van der Waals surface area (Å²) in [6.45, 7) is -1.37. The Kier molecular flexibility index (Phi) is 5.68. The molecule has 0 aliphatic carbocycles. The number of amides is 1.